The maximum Gasteiger partial charge on any atom is 0.328 e. The highest BCUT2D eigenvalue weighted by Crippen LogP contribution is 2.21. The molecule has 0 saturated carbocycles. The molecule has 0 aliphatic heterocycles. The van der Waals surface area contributed by atoms with Gasteiger partial charge in [-0.1, -0.05) is 18.2 Å². The van der Waals surface area contributed by atoms with Crippen LogP contribution in [0.15, 0.2) is 53.5 Å². The summed E-state index contributed by atoms with van der Waals surface area (Å²) in [4.78, 5) is 15.0. The first-order valence-corrected chi connectivity index (χ1v) is 7.37. The number of hydrogen-bond acceptors (Lipinski definition) is 3. The fourth-order valence-corrected chi connectivity index (χ4v) is 2.11. The molecule has 118 valence electrons. The van der Waals surface area contributed by atoms with E-state index in [-0.39, 0.29) is 0 Å². The first-order valence-electron chi connectivity index (χ1n) is 7.37. The van der Waals surface area contributed by atoms with E-state index in [9.17, 15) is 4.79 Å². The number of aliphatic imine (C=N–C) groups is 1. The molecular formula is C19H19NO3. The van der Waals surface area contributed by atoms with E-state index < -0.39 is 5.97 Å². The molecule has 0 spiro atoms. The lowest BCUT2D eigenvalue weighted by molar-refractivity contribution is -0.131. The number of benzene rings is 2. The third-order valence-corrected chi connectivity index (χ3v) is 3.23. The van der Waals surface area contributed by atoms with Gasteiger partial charge in [0.05, 0.1) is 12.3 Å². The second kappa shape index (κ2) is 7.94. The van der Waals surface area contributed by atoms with Crippen LogP contribution in [0, 0.1) is 6.92 Å². The lowest BCUT2D eigenvalue weighted by Crippen LogP contribution is -1.95. The van der Waals surface area contributed by atoms with E-state index in [4.69, 9.17) is 9.84 Å². The van der Waals surface area contributed by atoms with Crippen LogP contribution in [0.25, 0.3) is 6.08 Å². The predicted molar refractivity (Wildman–Crippen MR) is 92.7 cm³/mol. The Morgan fingerprint density at radius 1 is 1.22 bits per heavy atom. The molecule has 0 heterocycles. The average Bonchev–Trinajstić information content (AvgIpc) is 2.53. The van der Waals surface area contributed by atoms with Crippen molar-refractivity contribution in [2.75, 3.05) is 6.61 Å². The Kier molecular flexibility index (Phi) is 5.69. The molecule has 4 nitrogen and oxygen atoms in total. The van der Waals surface area contributed by atoms with Crippen LogP contribution >= 0.6 is 0 Å². The monoisotopic (exact) mass is 309 g/mol. The van der Waals surface area contributed by atoms with Crippen LogP contribution in [0.3, 0.4) is 0 Å². The highest BCUT2D eigenvalue weighted by Gasteiger charge is 2.00. The average molecular weight is 309 g/mol. The summed E-state index contributed by atoms with van der Waals surface area (Å²) in [6.45, 7) is 4.48. The van der Waals surface area contributed by atoms with Crippen molar-refractivity contribution >= 4 is 23.9 Å². The molecule has 0 fully saturated rings. The molecule has 2 aromatic carbocycles. The van der Waals surface area contributed by atoms with Gasteiger partial charge in [-0.3, -0.25) is 4.99 Å². The Morgan fingerprint density at radius 3 is 2.70 bits per heavy atom. The van der Waals surface area contributed by atoms with Crippen molar-refractivity contribution in [2.45, 2.75) is 13.8 Å². The van der Waals surface area contributed by atoms with E-state index in [1.807, 2.05) is 56.3 Å². The Labute approximate surface area is 135 Å². The molecule has 0 aliphatic carbocycles. The van der Waals surface area contributed by atoms with Crippen LogP contribution in [0.4, 0.5) is 5.69 Å². The molecule has 2 rings (SSSR count). The molecule has 0 radical (unpaired) electrons. The van der Waals surface area contributed by atoms with Crippen LogP contribution in [0.2, 0.25) is 0 Å². The quantitative estimate of drug-likeness (QED) is 0.641. The first kappa shape index (κ1) is 16.5. The summed E-state index contributed by atoms with van der Waals surface area (Å²) in [5.41, 5.74) is 3.56. The van der Waals surface area contributed by atoms with Crippen molar-refractivity contribution in [2.24, 2.45) is 4.99 Å². The molecule has 0 aliphatic rings. The van der Waals surface area contributed by atoms with E-state index in [1.54, 1.807) is 12.3 Å². The van der Waals surface area contributed by atoms with Crippen LogP contribution in [0.1, 0.15) is 23.6 Å². The topological polar surface area (TPSA) is 58.9 Å². The van der Waals surface area contributed by atoms with Gasteiger partial charge in [0.25, 0.3) is 0 Å². The molecule has 0 unspecified atom stereocenters. The van der Waals surface area contributed by atoms with Crippen LogP contribution in [0.5, 0.6) is 5.75 Å². The number of carbonyl (C=O) groups is 1. The zero-order valence-electron chi connectivity index (χ0n) is 13.2. The van der Waals surface area contributed by atoms with Crippen molar-refractivity contribution in [3.63, 3.8) is 0 Å². The van der Waals surface area contributed by atoms with E-state index in [0.29, 0.717) is 6.61 Å². The van der Waals surface area contributed by atoms with Crippen molar-refractivity contribution in [3.8, 4) is 5.75 Å². The molecule has 1 N–H and O–H groups in total. The summed E-state index contributed by atoms with van der Waals surface area (Å²) in [6.07, 6.45) is 4.48. The highest BCUT2D eigenvalue weighted by molar-refractivity contribution is 5.86. The van der Waals surface area contributed by atoms with E-state index >= 15 is 0 Å². The summed E-state index contributed by atoms with van der Waals surface area (Å²) in [5, 5.41) is 8.68. The van der Waals surface area contributed by atoms with Gasteiger partial charge >= 0.3 is 5.97 Å². The summed E-state index contributed by atoms with van der Waals surface area (Å²) in [5.74, 6) is -0.157. The van der Waals surface area contributed by atoms with Gasteiger partial charge in [-0.25, -0.2) is 4.79 Å². The highest BCUT2D eigenvalue weighted by atomic mass is 16.5. The summed E-state index contributed by atoms with van der Waals surface area (Å²) >= 11 is 0. The Morgan fingerprint density at radius 2 is 2.00 bits per heavy atom. The standard InChI is InChI=1S/C19H19NO3/c1-3-23-18-7-5-4-6-16(18)13-20-17-10-8-15(14(2)12-17)9-11-19(21)22/h4-13H,3H2,1-2H3,(H,21,22)/b11-9+,20-13+. The molecular weight excluding hydrogens is 290 g/mol. The third kappa shape index (κ3) is 4.81. The molecule has 4 heteroatoms. The number of aliphatic carboxylic acids is 1. The van der Waals surface area contributed by atoms with Gasteiger partial charge in [0.1, 0.15) is 5.75 Å². The summed E-state index contributed by atoms with van der Waals surface area (Å²) in [7, 11) is 0. The summed E-state index contributed by atoms with van der Waals surface area (Å²) < 4.78 is 5.57. The SMILES string of the molecule is CCOc1ccccc1/C=N/c1ccc(/C=C/C(=O)O)c(C)c1. The zero-order chi connectivity index (χ0) is 16.7. The second-order valence-corrected chi connectivity index (χ2v) is 4.94. The van der Waals surface area contributed by atoms with E-state index in [2.05, 4.69) is 4.99 Å². The number of aryl methyl sites for hydroxylation is 1. The maximum absolute atomic E-state index is 10.6. The minimum absolute atomic E-state index is 0.606. The van der Waals surface area contributed by atoms with Gasteiger partial charge in [-0.2, -0.15) is 0 Å². The number of nitrogens with zero attached hydrogens (tertiary/aromatic N) is 1. The van der Waals surface area contributed by atoms with Crippen LogP contribution in [-0.2, 0) is 4.79 Å². The lowest BCUT2D eigenvalue weighted by atomic mass is 10.1. The van der Waals surface area contributed by atoms with Crippen LogP contribution < -0.4 is 4.74 Å². The molecule has 0 amide bonds. The number of carboxylic acid groups (broad SMARTS) is 1. The van der Waals surface area contributed by atoms with Crippen LogP contribution in [-0.4, -0.2) is 23.9 Å². The number of para-hydroxylation sites is 1. The van der Waals surface area contributed by atoms with E-state index in [1.165, 1.54) is 0 Å². The fourth-order valence-electron chi connectivity index (χ4n) is 2.11. The number of ether oxygens (including phenoxy) is 1. The Bertz CT molecular complexity index is 748. The lowest BCUT2D eigenvalue weighted by Gasteiger charge is -2.06. The minimum Gasteiger partial charge on any atom is -0.493 e. The summed E-state index contributed by atoms with van der Waals surface area (Å²) in [6, 6.07) is 13.4. The Hall–Kier alpha value is -2.88. The number of carboxylic acids is 1. The molecule has 0 atom stereocenters. The number of rotatable bonds is 6. The molecule has 0 bridgehead atoms. The first-order chi connectivity index (χ1) is 11.1. The van der Waals surface area contributed by atoms with Gasteiger partial charge < -0.3 is 9.84 Å². The largest absolute Gasteiger partial charge is 0.493 e. The van der Waals surface area contributed by atoms with Crippen molar-refractivity contribution in [1.82, 2.24) is 0 Å². The predicted octanol–water partition coefficient (Wildman–Crippen LogP) is 4.24. The zero-order valence-corrected chi connectivity index (χ0v) is 13.2. The van der Waals surface area contributed by atoms with Gasteiger partial charge in [-0.05, 0) is 55.3 Å². The van der Waals surface area contributed by atoms with Gasteiger partial charge in [0.2, 0.25) is 0 Å². The normalized spacial score (nSPS) is 11.2. The van der Waals surface area contributed by atoms with Gasteiger partial charge in [-0.15, -0.1) is 0 Å². The van der Waals surface area contributed by atoms with Crippen molar-refractivity contribution < 1.29 is 14.6 Å². The molecule has 23 heavy (non-hydrogen) atoms. The second-order valence-electron chi connectivity index (χ2n) is 4.94. The Balaban J connectivity index is 2.21. The van der Waals surface area contributed by atoms with Crippen molar-refractivity contribution in [1.29, 1.82) is 0 Å². The smallest absolute Gasteiger partial charge is 0.328 e. The maximum atomic E-state index is 10.6. The fraction of sp³-hybridized carbons (Fsp3) is 0.158. The number of hydrogen-bond donors (Lipinski definition) is 1. The molecule has 2 aromatic rings. The minimum atomic E-state index is -0.959. The van der Waals surface area contributed by atoms with Gasteiger partial charge in [0, 0.05) is 17.9 Å². The molecule has 0 saturated heterocycles. The molecule has 0 aromatic heterocycles. The third-order valence-electron chi connectivity index (χ3n) is 3.23. The van der Waals surface area contributed by atoms with Gasteiger partial charge in [0.15, 0.2) is 0 Å². The van der Waals surface area contributed by atoms with E-state index in [0.717, 1.165) is 34.2 Å². The van der Waals surface area contributed by atoms with Crippen molar-refractivity contribution in [3.05, 3.63) is 65.2 Å².